The number of fused-ring (bicyclic) bond motifs is 1. The second-order valence-corrected chi connectivity index (χ2v) is 5.72. The van der Waals surface area contributed by atoms with Gasteiger partial charge in [-0.3, -0.25) is 0 Å². The summed E-state index contributed by atoms with van der Waals surface area (Å²) in [7, 11) is 0. The first-order valence-electron chi connectivity index (χ1n) is 6.84. The van der Waals surface area contributed by atoms with E-state index in [1.165, 1.54) is 17.0 Å². The number of hydrogen-bond donors (Lipinski definition) is 1. The Kier molecular flexibility index (Phi) is 4.39. The van der Waals surface area contributed by atoms with Crippen LogP contribution in [-0.4, -0.2) is 11.4 Å². The fourth-order valence-corrected chi connectivity index (χ4v) is 2.87. The van der Waals surface area contributed by atoms with Gasteiger partial charge in [-0.05, 0) is 56.0 Å². The highest BCUT2D eigenvalue weighted by atomic mass is 79.9. The Hall–Kier alpha value is -2.33. The van der Waals surface area contributed by atoms with E-state index in [0.29, 0.717) is 6.61 Å². The number of ether oxygens (including phenoxy) is 1. The summed E-state index contributed by atoms with van der Waals surface area (Å²) in [6.45, 7) is 0.493. The molecule has 0 radical (unpaired) electrons. The summed E-state index contributed by atoms with van der Waals surface area (Å²) in [5, 5.41) is 14.0. The molecule has 0 spiro atoms. The van der Waals surface area contributed by atoms with Gasteiger partial charge < -0.3 is 9.94 Å². The molecule has 3 aromatic rings. The van der Waals surface area contributed by atoms with Crippen LogP contribution >= 0.6 is 15.9 Å². The third-order valence-corrected chi connectivity index (χ3v) is 4.05. The van der Waals surface area contributed by atoms with Crippen molar-refractivity contribution in [2.24, 2.45) is 5.16 Å². The Labute approximate surface area is 137 Å². The van der Waals surface area contributed by atoms with Gasteiger partial charge in [0.15, 0.2) is 0 Å². The maximum atomic E-state index is 8.56. The molecule has 0 aliphatic rings. The largest absolute Gasteiger partial charge is 0.488 e. The van der Waals surface area contributed by atoms with Crippen molar-refractivity contribution in [3.8, 4) is 5.75 Å². The molecule has 0 unspecified atom stereocenters. The van der Waals surface area contributed by atoms with Crippen LogP contribution in [0.5, 0.6) is 5.75 Å². The number of halogens is 1. The van der Waals surface area contributed by atoms with Crippen LogP contribution in [-0.2, 0) is 6.61 Å². The van der Waals surface area contributed by atoms with Gasteiger partial charge in [0.1, 0.15) is 12.4 Å². The molecule has 3 aromatic carbocycles. The van der Waals surface area contributed by atoms with Crippen LogP contribution in [0.25, 0.3) is 10.8 Å². The highest BCUT2D eigenvalue weighted by Crippen LogP contribution is 2.27. The quantitative estimate of drug-likeness (QED) is 0.407. The first kappa shape index (κ1) is 14.6. The van der Waals surface area contributed by atoms with Crippen LogP contribution in [0, 0.1) is 0 Å². The van der Waals surface area contributed by atoms with Gasteiger partial charge in [-0.15, -0.1) is 0 Å². The Morgan fingerprint density at radius 3 is 2.68 bits per heavy atom. The molecule has 0 heterocycles. The zero-order valence-corrected chi connectivity index (χ0v) is 13.3. The Morgan fingerprint density at radius 1 is 1.05 bits per heavy atom. The van der Waals surface area contributed by atoms with E-state index < -0.39 is 0 Å². The topological polar surface area (TPSA) is 41.8 Å². The molecule has 1 N–H and O–H groups in total. The first-order chi connectivity index (χ1) is 10.8. The molecule has 110 valence electrons. The second kappa shape index (κ2) is 6.62. The van der Waals surface area contributed by atoms with Gasteiger partial charge in [-0.25, -0.2) is 0 Å². The lowest BCUT2D eigenvalue weighted by Crippen LogP contribution is -1.97. The summed E-state index contributed by atoms with van der Waals surface area (Å²) < 4.78 is 6.73. The number of hydrogen-bond acceptors (Lipinski definition) is 3. The zero-order valence-electron chi connectivity index (χ0n) is 11.7. The minimum atomic E-state index is 0.493. The SMILES string of the molecule is O/N=C/c1ccc(OCc2cccc3ccccc23)c(Br)c1. The fourth-order valence-electron chi connectivity index (χ4n) is 2.35. The number of oxime groups is 1. The Morgan fingerprint density at radius 2 is 1.86 bits per heavy atom. The van der Waals surface area contributed by atoms with E-state index in [1.54, 1.807) is 0 Å². The molecule has 3 nitrogen and oxygen atoms in total. The second-order valence-electron chi connectivity index (χ2n) is 4.86. The van der Waals surface area contributed by atoms with Crippen LogP contribution in [0.15, 0.2) is 70.3 Å². The maximum absolute atomic E-state index is 8.56. The van der Waals surface area contributed by atoms with Gasteiger partial charge in [0.2, 0.25) is 0 Å². The van der Waals surface area contributed by atoms with Crippen LogP contribution in [0.4, 0.5) is 0 Å². The molecular formula is C18H14BrNO2. The van der Waals surface area contributed by atoms with Crippen LogP contribution in [0.2, 0.25) is 0 Å². The number of nitrogens with zero attached hydrogens (tertiary/aromatic N) is 1. The monoisotopic (exact) mass is 355 g/mol. The van der Waals surface area contributed by atoms with Crippen molar-refractivity contribution in [3.05, 3.63) is 76.3 Å². The normalized spacial score (nSPS) is 11.1. The molecule has 22 heavy (non-hydrogen) atoms. The summed E-state index contributed by atoms with van der Waals surface area (Å²) in [5.41, 5.74) is 1.94. The van der Waals surface area contributed by atoms with Crippen molar-refractivity contribution in [1.82, 2.24) is 0 Å². The molecule has 0 aliphatic carbocycles. The van der Waals surface area contributed by atoms with E-state index in [9.17, 15) is 0 Å². The van der Waals surface area contributed by atoms with Crippen molar-refractivity contribution in [3.63, 3.8) is 0 Å². The van der Waals surface area contributed by atoms with Crippen molar-refractivity contribution >= 4 is 32.9 Å². The molecule has 4 heteroatoms. The maximum Gasteiger partial charge on any atom is 0.134 e. The first-order valence-corrected chi connectivity index (χ1v) is 7.63. The van der Waals surface area contributed by atoms with E-state index >= 15 is 0 Å². The summed E-state index contributed by atoms with van der Waals surface area (Å²) in [4.78, 5) is 0. The minimum Gasteiger partial charge on any atom is -0.488 e. The average Bonchev–Trinajstić information content (AvgIpc) is 2.54. The molecule has 0 aliphatic heterocycles. The van der Waals surface area contributed by atoms with Crippen LogP contribution in [0.3, 0.4) is 0 Å². The van der Waals surface area contributed by atoms with Gasteiger partial charge in [0.25, 0.3) is 0 Å². The standard InChI is InChI=1S/C18H14BrNO2/c19-17-10-13(11-20-21)8-9-18(17)22-12-15-6-3-5-14-4-1-2-7-16(14)15/h1-11,21H,12H2/b20-11+. The lowest BCUT2D eigenvalue weighted by molar-refractivity contribution is 0.305. The lowest BCUT2D eigenvalue weighted by atomic mass is 10.1. The molecule has 3 rings (SSSR count). The van der Waals surface area contributed by atoms with E-state index in [0.717, 1.165) is 21.3 Å². The van der Waals surface area contributed by atoms with Gasteiger partial charge >= 0.3 is 0 Å². The zero-order chi connectivity index (χ0) is 15.4. The van der Waals surface area contributed by atoms with E-state index in [-0.39, 0.29) is 0 Å². The highest BCUT2D eigenvalue weighted by Gasteiger charge is 2.05. The van der Waals surface area contributed by atoms with Crippen molar-refractivity contribution in [1.29, 1.82) is 0 Å². The summed E-state index contributed by atoms with van der Waals surface area (Å²) in [5.74, 6) is 0.753. The van der Waals surface area contributed by atoms with E-state index in [2.05, 4.69) is 45.4 Å². The van der Waals surface area contributed by atoms with Gasteiger partial charge in [-0.2, -0.15) is 0 Å². The number of rotatable bonds is 4. The van der Waals surface area contributed by atoms with E-state index in [1.807, 2.05) is 36.4 Å². The minimum absolute atomic E-state index is 0.493. The molecule has 0 aromatic heterocycles. The number of benzene rings is 3. The average molecular weight is 356 g/mol. The smallest absolute Gasteiger partial charge is 0.134 e. The van der Waals surface area contributed by atoms with Gasteiger partial charge in [0.05, 0.1) is 10.7 Å². The molecule has 0 saturated heterocycles. The van der Waals surface area contributed by atoms with Crippen molar-refractivity contribution < 1.29 is 9.94 Å². The van der Waals surface area contributed by atoms with Crippen LogP contribution in [0.1, 0.15) is 11.1 Å². The third-order valence-electron chi connectivity index (χ3n) is 3.43. The molecule has 0 atom stereocenters. The molecule has 0 amide bonds. The van der Waals surface area contributed by atoms with Crippen molar-refractivity contribution in [2.45, 2.75) is 6.61 Å². The van der Waals surface area contributed by atoms with Crippen LogP contribution < -0.4 is 4.74 Å². The summed E-state index contributed by atoms with van der Waals surface area (Å²) in [6.07, 6.45) is 1.37. The molecule has 0 fully saturated rings. The lowest BCUT2D eigenvalue weighted by Gasteiger charge is -2.11. The van der Waals surface area contributed by atoms with Crippen molar-refractivity contribution in [2.75, 3.05) is 0 Å². The van der Waals surface area contributed by atoms with Gasteiger partial charge in [0, 0.05) is 0 Å². The van der Waals surface area contributed by atoms with E-state index in [4.69, 9.17) is 9.94 Å². The Balaban J connectivity index is 1.82. The predicted molar refractivity (Wildman–Crippen MR) is 91.8 cm³/mol. The molecule has 0 bridgehead atoms. The van der Waals surface area contributed by atoms with Gasteiger partial charge in [-0.1, -0.05) is 47.6 Å². The fraction of sp³-hybridized carbons (Fsp3) is 0.0556. The predicted octanol–water partition coefficient (Wildman–Crippen LogP) is 4.99. The third kappa shape index (κ3) is 3.12. The summed E-state index contributed by atoms with van der Waals surface area (Å²) in [6, 6.07) is 20.0. The molecular weight excluding hydrogens is 342 g/mol. The highest BCUT2D eigenvalue weighted by molar-refractivity contribution is 9.10. The Bertz CT molecular complexity index is 825. The summed E-state index contributed by atoms with van der Waals surface area (Å²) >= 11 is 3.47. The molecule has 0 saturated carbocycles.